The van der Waals surface area contributed by atoms with Gasteiger partial charge in [-0.3, -0.25) is 0 Å². The second kappa shape index (κ2) is 46.3. The minimum atomic E-state index is -3.31. The van der Waals surface area contributed by atoms with E-state index in [4.69, 9.17) is 0 Å². The molecule has 0 spiro atoms. The molecule has 0 fully saturated rings. The number of aliphatic hydroxyl groups excluding tert-OH is 1. The molecule has 7 heterocycles. The topological polar surface area (TPSA) is 307 Å². The third-order valence-electron chi connectivity index (χ3n) is 32.6. The van der Waals surface area contributed by atoms with Crippen LogP contribution in [0.25, 0.3) is 0 Å². The third-order valence-corrected chi connectivity index (χ3v) is 47.8. The Morgan fingerprint density at radius 2 is 0.476 bits per heavy atom. The Morgan fingerprint density at radius 3 is 0.720 bits per heavy atom. The number of hydrogen-bond acceptors (Lipinski definition) is 19. The summed E-state index contributed by atoms with van der Waals surface area (Å²) in [5.41, 5.74) is 13.2. The third kappa shape index (κ3) is 27.3. The number of nitrogens with one attached hydrogen (secondary N) is 4. The highest BCUT2D eigenvalue weighted by atomic mass is 32.2. The number of hydrogen-bond donors (Lipinski definition) is 5. The molecule has 7 aliphatic rings. The van der Waals surface area contributed by atoms with Crippen LogP contribution in [0, 0.1) is 80.3 Å². The fourth-order valence-electron chi connectivity index (χ4n) is 22.1. The first-order valence-electron chi connectivity index (χ1n) is 48.9. The predicted molar refractivity (Wildman–Crippen MR) is 600 cm³/mol. The fraction of sp³-hybridized carbons (Fsp3) is 0.538. The number of aryl methyl sites for hydroxylation is 1. The number of rotatable bonds is 7. The van der Waals surface area contributed by atoms with E-state index in [-0.39, 0.29) is 162 Å². The van der Waals surface area contributed by atoms with E-state index in [1.165, 1.54) is 11.1 Å². The number of anilines is 4. The summed E-state index contributed by atoms with van der Waals surface area (Å²) in [5, 5.41) is 21.6. The van der Waals surface area contributed by atoms with Crippen molar-refractivity contribution in [1.29, 1.82) is 0 Å². The van der Waals surface area contributed by atoms with Crippen molar-refractivity contribution in [2.45, 2.75) is 298 Å². The van der Waals surface area contributed by atoms with Crippen LogP contribution >= 0.6 is 0 Å². The highest BCUT2D eigenvalue weighted by molar-refractivity contribution is 7.93. The SMILES string of the molecule is C.C.C.C.CNc1ccc2c(c1)[C@@H](C)[C@@H](C)C(C)(C)CS2(=O)=O.CNc1ccc2c(c1)[C@@H](C)[C@@H](C)C(C)(C)CS2(=O)=O.CNc1ccc2c(c1)[C@@H](C)[C@@H](C)C(C)(C)CS2(=O)=O.CNc1ccc2c(c1)[C@@H](C)[C@@H](C)C(C)(C)CS2(=O)=O.C[C@@H]1[C@H](c2ccc(CO)cc2)c2ccccc2S(=O)(=O)CC1(C)C.C[C@H]1CC(C)(C)CS(=O)(=O)c2ccccc21.Cc1ccc([C@@H]2c3ccccc3S(=O)(=O)CC(C)(C)[C@@H]2C)cc1. The van der Waals surface area contributed by atoms with E-state index < -0.39 is 68.9 Å². The van der Waals surface area contributed by atoms with Crippen LogP contribution in [-0.2, 0) is 75.5 Å². The molecule has 9 aromatic rings. The van der Waals surface area contributed by atoms with Crippen molar-refractivity contribution in [3.8, 4) is 0 Å². The zero-order chi connectivity index (χ0) is 104. The Bertz CT molecular complexity index is 6360. The zero-order valence-corrected chi connectivity index (χ0v) is 93.6. The van der Waals surface area contributed by atoms with Crippen molar-refractivity contribution < 1.29 is 64.0 Å². The Hall–Kier alpha value is -8.21. The molecular weight excluding hydrogens is 1930 g/mol. The highest BCUT2D eigenvalue weighted by Gasteiger charge is 2.49. The van der Waals surface area contributed by atoms with Crippen LogP contribution in [0.4, 0.5) is 22.7 Å². The Balaban J connectivity index is 0.000000255. The lowest BCUT2D eigenvalue weighted by atomic mass is 9.69. The Kier molecular flexibility index (Phi) is 40.0. The fourth-order valence-corrected chi connectivity index (χ4v) is 37.9. The lowest BCUT2D eigenvalue weighted by Crippen LogP contribution is -2.31. The molecule has 0 saturated carbocycles. The van der Waals surface area contributed by atoms with Gasteiger partial charge in [-0.05, 0) is 263 Å². The van der Waals surface area contributed by atoms with Gasteiger partial charge < -0.3 is 26.4 Å². The molecule has 16 rings (SSSR count). The van der Waals surface area contributed by atoms with Gasteiger partial charge in [-0.15, -0.1) is 0 Å². The molecule has 794 valence electrons. The molecule has 0 radical (unpaired) electrons. The van der Waals surface area contributed by atoms with E-state index in [1.807, 2.05) is 171 Å². The van der Waals surface area contributed by atoms with Crippen molar-refractivity contribution in [3.63, 3.8) is 0 Å². The van der Waals surface area contributed by atoms with Crippen LogP contribution < -0.4 is 21.3 Å². The monoisotopic (exact) mass is 2100 g/mol. The molecule has 9 aromatic carbocycles. The number of fused-ring (bicyclic) bond motifs is 7. The highest BCUT2D eigenvalue weighted by Crippen LogP contribution is 2.55. The predicted octanol–water partition coefficient (Wildman–Crippen LogP) is 27.0. The first-order valence-corrected chi connectivity index (χ1v) is 60.5. The van der Waals surface area contributed by atoms with E-state index in [0.717, 1.165) is 79.2 Å². The normalized spacial score (nSPS) is 26.3. The van der Waals surface area contributed by atoms with E-state index >= 15 is 0 Å². The summed E-state index contributed by atoms with van der Waals surface area (Å²) in [6.07, 6.45) is 0.920. The molecule has 19 nitrogen and oxygen atoms in total. The molecule has 13 atom stereocenters. The molecular formula is C117H174N4O15S7. The van der Waals surface area contributed by atoms with Crippen LogP contribution in [0.5, 0.6) is 0 Å². The average Bonchev–Trinajstić information content (AvgIpc) is 1.61. The van der Waals surface area contributed by atoms with Gasteiger partial charge in [-0.2, -0.15) is 0 Å². The number of benzene rings is 9. The van der Waals surface area contributed by atoms with E-state index in [0.29, 0.717) is 63.9 Å². The summed E-state index contributed by atoms with van der Waals surface area (Å²) in [5.74, 6) is 4.48. The largest absolute Gasteiger partial charge is 0.392 e. The van der Waals surface area contributed by atoms with Crippen molar-refractivity contribution in [3.05, 3.63) is 255 Å². The molecule has 0 unspecified atom stereocenters. The molecule has 143 heavy (non-hydrogen) atoms. The maximum Gasteiger partial charge on any atom is 0.179 e. The maximum atomic E-state index is 12.9. The number of sulfone groups is 7. The summed E-state index contributed by atoms with van der Waals surface area (Å²) < 4.78 is 177. The Labute approximate surface area is 865 Å². The van der Waals surface area contributed by atoms with Crippen LogP contribution in [0.1, 0.15) is 312 Å². The minimum Gasteiger partial charge on any atom is -0.392 e. The molecule has 7 aliphatic heterocycles. The van der Waals surface area contributed by atoms with Crippen molar-refractivity contribution in [1.82, 2.24) is 0 Å². The second-order valence-corrected chi connectivity index (χ2v) is 59.5. The maximum absolute atomic E-state index is 12.9. The molecule has 26 heteroatoms. The van der Waals surface area contributed by atoms with Gasteiger partial charge in [0.25, 0.3) is 0 Å². The summed E-state index contributed by atoms with van der Waals surface area (Å²) in [4.78, 5) is 3.54. The second-order valence-electron chi connectivity index (χ2n) is 45.8. The van der Waals surface area contributed by atoms with Gasteiger partial charge in [0.2, 0.25) is 0 Å². The quantitative estimate of drug-likeness (QED) is 0.0990. The van der Waals surface area contributed by atoms with E-state index in [9.17, 15) is 64.0 Å². The van der Waals surface area contributed by atoms with Gasteiger partial charge in [0, 0.05) is 62.8 Å². The lowest BCUT2D eigenvalue weighted by molar-refractivity contribution is 0.234. The van der Waals surface area contributed by atoms with Crippen LogP contribution in [0.2, 0.25) is 0 Å². The van der Waals surface area contributed by atoms with Crippen molar-refractivity contribution in [2.24, 2.45) is 73.4 Å². The first-order chi connectivity index (χ1) is 64.1. The number of aliphatic hydroxyl groups is 1. The van der Waals surface area contributed by atoms with Gasteiger partial charge in [0.1, 0.15) is 0 Å². The van der Waals surface area contributed by atoms with Gasteiger partial charge >= 0.3 is 0 Å². The summed E-state index contributed by atoms with van der Waals surface area (Å²) in [6, 6.07) is 60.9. The summed E-state index contributed by atoms with van der Waals surface area (Å²) in [7, 11) is -15.1. The van der Waals surface area contributed by atoms with Crippen LogP contribution in [0.3, 0.4) is 0 Å². The van der Waals surface area contributed by atoms with Gasteiger partial charge in [0.15, 0.2) is 68.9 Å². The summed E-state index contributed by atoms with van der Waals surface area (Å²) >= 11 is 0. The molecule has 0 amide bonds. The van der Waals surface area contributed by atoms with Gasteiger partial charge in [-0.25, -0.2) is 58.9 Å². The van der Waals surface area contributed by atoms with Gasteiger partial charge in [0.05, 0.1) is 81.1 Å². The average molecular weight is 2100 g/mol. The molecule has 0 saturated heterocycles. The van der Waals surface area contributed by atoms with Crippen molar-refractivity contribution >= 4 is 91.6 Å². The van der Waals surface area contributed by atoms with Crippen molar-refractivity contribution in [2.75, 3.05) is 89.7 Å². The molecule has 0 bridgehead atoms. The smallest absolute Gasteiger partial charge is 0.179 e. The zero-order valence-electron chi connectivity index (χ0n) is 87.9. The molecule has 0 aromatic heterocycles. The Morgan fingerprint density at radius 1 is 0.266 bits per heavy atom. The van der Waals surface area contributed by atoms with E-state index in [1.54, 1.807) is 54.6 Å². The molecule has 0 aliphatic carbocycles. The lowest BCUT2D eigenvalue weighted by Gasteiger charge is -2.35. The standard InChI is InChI=1S/C20H24O3S.C20H24O2S.4C15H23NO2S.C13H18O2S.4CH4/c1-14-19(16-10-8-15(12-21)9-11-16)17-6-4-5-7-18(17)24(22,23)13-20(14,2)3;1-14-9-11-16(12-10-14)19-15(2)20(3,4)13-23(21,22)18-8-6-5-7-17(18)19;4*1-10-11(2)15(3,4)9-19(17,18)14-7-6-12(16-5)8-13(10)14;1-10-8-13(2,3)9-16(14,15)12-7-5-4-6-11(10)12;;;;/h4-11,14,19,21H,12-13H2,1-3H3;5-12,15,19H,13H2,1-4H3;4*6-8,10-11,16H,9H2,1-5H3;4-7,10H,8-9H2,1-3H3;4*1H4/t14-,19-;15-,19-;4*10-,11+;10-;;;;/m1100000..../s1. The van der Waals surface area contributed by atoms with E-state index in [2.05, 4.69) is 198 Å². The van der Waals surface area contributed by atoms with Crippen LogP contribution in [0.15, 0.2) is 228 Å². The first kappa shape index (κ1) is 123. The van der Waals surface area contributed by atoms with Crippen LogP contribution in [-0.4, -0.2) is 132 Å². The van der Waals surface area contributed by atoms with Gasteiger partial charge in [-0.1, -0.05) is 311 Å². The molecule has 5 N–H and O–H groups in total. The summed E-state index contributed by atoms with van der Waals surface area (Å²) in [6.45, 7) is 54.4. The minimum absolute atomic E-state index is 0.